The fourth-order valence-electron chi connectivity index (χ4n) is 5.21. The number of rotatable bonds is 9. The van der Waals surface area contributed by atoms with Gasteiger partial charge in [0, 0.05) is 28.8 Å². The first-order valence-corrected chi connectivity index (χ1v) is 13.0. The van der Waals surface area contributed by atoms with Crippen molar-refractivity contribution in [3.05, 3.63) is 146 Å². The fourth-order valence-corrected chi connectivity index (χ4v) is 5.21. The van der Waals surface area contributed by atoms with Gasteiger partial charge in [-0.3, -0.25) is 33.9 Å². The number of aliphatic hydroxyl groups is 3. The van der Waals surface area contributed by atoms with Crippen LogP contribution in [-0.2, 0) is 4.74 Å². The molecule has 12 heteroatoms. The van der Waals surface area contributed by atoms with Crippen molar-refractivity contribution >= 4 is 23.0 Å². The van der Waals surface area contributed by atoms with E-state index in [1.165, 1.54) is 72.8 Å². The summed E-state index contributed by atoms with van der Waals surface area (Å²) >= 11 is 0. The molecule has 1 aliphatic heterocycles. The maximum atomic E-state index is 14.2. The van der Waals surface area contributed by atoms with E-state index in [-0.39, 0.29) is 16.7 Å². The molecular formula is C31H24N2O10. The Bertz CT molecular complexity index is 1760. The minimum atomic E-state index is -3.42. The number of Topliss-reactive ketones (excluding diaryl/α,β-unsaturated/α-hetero) is 3. The molecule has 0 unspecified atom stereocenters. The van der Waals surface area contributed by atoms with Crippen molar-refractivity contribution in [3.63, 3.8) is 0 Å². The second kappa shape index (κ2) is 11.3. The van der Waals surface area contributed by atoms with E-state index in [1.807, 2.05) is 0 Å². The zero-order chi connectivity index (χ0) is 30.9. The minimum Gasteiger partial charge on any atom is -0.382 e. The van der Waals surface area contributed by atoms with Crippen LogP contribution in [0.3, 0.4) is 0 Å². The van der Waals surface area contributed by atoms with Crippen LogP contribution in [0.2, 0.25) is 0 Å². The number of aromatic nitrogens is 1. The van der Waals surface area contributed by atoms with E-state index in [9.17, 15) is 44.6 Å². The standard InChI is InChI=1S/C31H24N2O10/c34-23-17-16-22(33(41)42)18-32(23)29-31(40,27(38)21-14-8-3-9-15-21)30(39,26(37)20-12-6-2-7-13-20)28(43-29)25(36)24(35)19-10-4-1-5-11-19/h1-18,25,28-29,36,39-40H/t25-,28-,29-,30-,31+/m1/s1. The Morgan fingerprint density at radius 2 is 1.23 bits per heavy atom. The molecule has 0 saturated carbocycles. The lowest BCUT2D eigenvalue weighted by Crippen LogP contribution is -2.69. The third kappa shape index (κ3) is 4.77. The van der Waals surface area contributed by atoms with Crippen molar-refractivity contribution in [3.8, 4) is 0 Å². The van der Waals surface area contributed by atoms with E-state index in [0.29, 0.717) is 10.8 Å². The quantitative estimate of drug-likeness (QED) is 0.149. The Morgan fingerprint density at radius 3 is 1.72 bits per heavy atom. The van der Waals surface area contributed by atoms with Gasteiger partial charge in [-0.15, -0.1) is 0 Å². The zero-order valence-electron chi connectivity index (χ0n) is 22.2. The van der Waals surface area contributed by atoms with Gasteiger partial charge >= 0.3 is 0 Å². The molecule has 0 aliphatic carbocycles. The number of ketones is 3. The molecule has 3 aromatic carbocycles. The molecule has 0 radical (unpaired) electrons. The summed E-state index contributed by atoms with van der Waals surface area (Å²) in [6.45, 7) is 0. The highest BCUT2D eigenvalue weighted by Crippen LogP contribution is 2.50. The van der Waals surface area contributed by atoms with Crippen LogP contribution in [0.15, 0.2) is 114 Å². The molecule has 218 valence electrons. The summed E-state index contributed by atoms with van der Waals surface area (Å²) < 4.78 is 6.29. The Morgan fingerprint density at radius 1 is 0.767 bits per heavy atom. The predicted molar refractivity (Wildman–Crippen MR) is 149 cm³/mol. The van der Waals surface area contributed by atoms with E-state index >= 15 is 0 Å². The molecule has 0 bridgehead atoms. The number of benzene rings is 3. The summed E-state index contributed by atoms with van der Waals surface area (Å²) in [6, 6.07) is 22.9. The van der Waals surface area contributed by atoms with Crippen LogP contribution in [0.25, 0.3) is 0 Å². The molecule has 1 saturated heterocycles. The van der Waals surface area contributed by atoms with Gasteiger partial charge in [0.15, 0.2) is 17.6 Å². The minimum absolute atomic E-state index is 0.0537. The smallest absolute Gasteiger partial charge is 0.285 e. The summed E-state index contributed by atoms with van der Waals surface area (Å²) in [5.41, 5.74) is -9.02. The summed E-state index contributed by atoms with van der Waals surface area (Å²) in [7, 11) is 0. The number of ether oxygens (including phenoxy) is 1. The van der Waals surface area contributed by atoms with Crippen LogP contribution in [0, 0.1) is 10.1 Å². The second-order valence-corrected chi connectivity index (χ2v) is 9.90. The molecule has 4 aromatic rings. The number of carbonyl (C=O) groups excluding carboxylic acids is 3. The number of carbonyl (C=O) groups is 3. The van der Waals surface area contributed by atoms with Gasteiger partial charge in [-0.25, -0.2) is 0 Å². The highest BCUT2D eigenvalue weighted by molar-refractivity contribution is 6.14. The molecule has 1 aliphatic rings. The third-order valence-electron chi connectivity index (χ3n) is 7.39. The van der Waals surface area contributed by atoms with Gasteiger partial charge < -0.3 is 20.1 Å². The maximum absolute atomic E-state index is 14.2. The summed E-state index contributed by atoms with van der Waals surface area (Å²) in [5, 5.41) is 47.7. The lowest BCUT2D eigenvalue weighted by molar-refractivity contribution is -0.385. The van der Waals surface area contributed by atoms with E-state index in [4.69, 9.17) is 4.74 Å². The van der Waals surface area contributed by atoms with E-state index in [0.717, 1.165) is 12.1 Å². The largest absolute Gasteiger partial charge is 0.382 e. The molecule has 2 heterocycles. The third-order valence-corrected chi connectivity index (χ3v) is 7.39. The summed E-state index contributed by atoms with van der Waals surface area (Å²) in [6.07, 6.45) is -6.37. The van der Waals surface area contributed by atoms with Gasteiger partial charge in [-0.05, 0) is 0 Å². The van der Waals surface area contributed by atoms with Gasteiger partial charge in [0.1, 0.15) is 12.2 Å². The van der Waals surface area contributed by atoms with Gasteiger partial charge in [0.05, 0.1) is 11.1 Å². The van der Waals surface area contributed by atoms with Crippen molar-refractivity contribution in [2.75, 3.05) is 0 Å². The molecule has 3 N–H and O–H groups in total. The first-order chi connectivity index (χ1) is 20.5. The summed E-state index contributed by atoms with van der Waals surface area (Å²) in [4.78, 5) is 65.5. The van der Waals surface area contributed by atoms with E-state index in [1.54, 1.807) is 18.2 Å². The molecule has 0 spiro atoms. The topological polar surface area (TPSA) is 186 Å². The monoisotopic (exact) mass is 584 g/mol. The highest BCUT2D eigenvalue weighted by atomic mass is 16.6. The van der Waals surface area contributed by atoms with Gasteiger partial charge in [-0.2, -0.15) is 0 Å². The second-order valence-electron chi connectivity index (χ2n) is 9.90. The number of nitro groups is 1. The van der Waals surface area contributed by atoms with Gasteiger partial charge in [0.2, 0.25) is 17.2 Å². The first-order valence-electron chi connectivity index (χ1n) is 13.0. The molecule has 1 aromatic heterocycles. The molecule has 5 atom stereocenters. The van der Waals surface area contributed by atoms with Crippen molar-refractivity contribution in [2.24, 2.45) is 0 Å². The van der Waals surface area contributed by atoms with Crippen LogP contribution < -0.4 is 5.56 Å². The lowest BCUT2D eigenvalue weighted by atomic mass is 9.69. The zero-order valence-corrected chi connectivity index (χ0v) is 22.2. The Labute approximate surface area is 243 Å². The molecule has 0 amide bonds. The molecular weight excluding hydrogens is 560 g/mol. The lowest BCUT2D eigenvalue weighted by Gasteiger charge is -2.39. The van der Waals surface area contributed by atoms with Crippen LogP contribution in [0.1, 0.15) is 37.3 Å². The van der Waals surface area contributed by atoms with Gasteiger partial charge in [-0.1, -0.05) is 91.0 Å². The summed E-state index contributed by atoms with van der Waals surface area (Å²) in [5.74, 6) is -3.66. The molecule has 12 nitrogen and oxygen atoms in total. The fraction of sp³-hybridized carbons (Fsp3) is 0.161. The normalized spacial score (nSPS) is 23.8. The number of aliphatic hydroxyl groups excluding tert-OH is 1. The van der Waals surface area contributed by atoms with Crippen LogP contribution in [-0.4, -0.2) is 65.6 Å². The number of pyridine rings is 1. The molecule has 5 rings (SSSR count). The van der Waals surface area contributed by atoms with Crippen LogP contribution in [0.4, 0.5) is 5.69 Å². The van der Waals surface area contributed by atoms with Crippen LogP contribution in [0.5, 0.6) is 0 Å². The molecule has 43 heavy (non-hydrogen) atoms. The number of nitrogens with zero attached hydrogens (tertiary/aromatic N) is 2. The molecule has 1 fully saturated rings. The van der Waals surface area contributed by atoms with Gasteiger partial charge in [0.25, 0.3) is 11.2 Å². The van der Waals surface area contributed by atoms with Crippen molar-refractivity contribution in [1.82, 2.24) is 4.57 Å². The maximum Gasteiger partial charge on any atom is 0.285 e. The average molecular weight is 585 g/mol. The predicted octanol–water partition coefficient (Wildman–Crippen LogP) is 2.13. The Balaban J connectivity index is 1.80. The van der Waals surface area contributed by atoms with E-state index < -0.39 is 63.2 Å². The van der Waals surface area contributed by atoms with Crippen molar-refractivity contribution in [2.45, 2.75) is 29.6 Å². The highest BCUT2D eigenvalue weighted by Gasteiger charge is 2.75. The average Bonchev–Trinajstić information content (AvgIpc) is 3.28. The number of hydrogen-bond donors (Lipinski definition) is 3. The Kier molecular flexibility index (Phi) is 7.69. The van der Waals surface area contributed by atoms with E-state index in [2.05, 4.69) is 0 Å². The van der Waals surface area contributed by atoms with Crippen LogP contribution >= 0.6 is 0 Å². The first kappa shape index (κ1) is 29.4. The van der Waals surface area contributed by atoms with Crippen molar-refractivity contribution in [1.29, 1.82) is 0 Å². The SMILES string of the molecule is O=C(c1ccccc1)[C@@H](O)[C@H]1O[C@@H](n2cc([N+](=O)[O-])ccc2=O)[C@@](O)(C(=O)c2ccccc2)[C@@]1(O)C(=O)c1ccccc1. The Hall–Kier alpha value is -5.14. The number of hydrogen-bond acceptors (Lipinski definition) is 10. The van der Waals surface area contributed by atoms with Crippen molar-refractivity contribution < 1.29 is 39.4 Å².